The normalized spacial score (nSPS) is 10.3. The first-order valence-corrected chi connectivity index (χ1v) is 8.51. The summed E-state index contributed by atoms with van der Waals surface area (Å²) in [6, 6.07) is 6.79. The zero-order chi connectivity index (χ0) is 17.6. The number of benzene rings is 1. The van der Waals surface area contributed by atoms with Gasteiger partial charge in [-0.15, -0.1) is 11.3 Å². The average Bonchev–Trinajstić information content (AvgIpc) is 3.02. The maximum Gasteiger partial charge on any atom is 0.230 e. The first kappa shape index (κ1) is 17.1. The standard InChI is InChI=1S/C16H14ClN5O2S/c1-24-13-4-3-10(7-12(13)17)20-14(23)8-11-9-25-16(21-11)22-15-18-5-2-6-19-15/h2-7,9H,8H2,1H3,(H,20,23)(H,18,19,21,22). The van der Waals surface area contributed by atoms with Crippen LogP contribution in [0.3, 0.4) is 0 Å². The Morgan fingerprint density at radius 1 is 1.32 bits per heavy atom. The van der Waals surface area contributed by atoms with E-state index in [-0.39, 0.29) is 12.3 Å². The van der Waals surface area contributed by atoms with Gasteiger partial charge in [-0.3, -0.25) is 4.79 Å². The second kappa shape index (κ2) is 7.91. The third kappa shape index (κ3) is 4.65. The van der Waals surface area contributed by atoms with E-state index in [1.807, 2.05) is 5.38 Å². The van der Waals surface area contributed by atoms with Gasteiger partial charge >= 0.3 is 0 Å². The van der Waals surface area contributed by atoms with E-state index in [2.05, 4.69) is 25.6 Å². The van der Waals surface area contributed by atoms with Crippen LogP contribution in [0.1, 0.15) is 5.69 Å². The van der Waals surface area contributed by atoms with Crippen LogP contribution in [-0.4, -0.2) is 28.0 Å². The van der Waals surface area contributed by atoms with Gasteiger partial charge in [-0.2, -0.15) is 0 Å². The molecule has 1 amide bonds. The first-order chi connectivity index (χ1) is 12.1. The highest BCUT2D eigenvalue weighted by atomic mass is 35.5. The number of nitrogens with zero attached hydrogens (tertiary/aromatic N) is 3. The quantitative estimate of drug-likeness (QED) is 0.685. The highest BCUT2D eigenvalue weighted by Crippen LogP contribution is 2.27. The Balaban J connectivity index is 1.59. The van der Waals surface area contributed by atoms with Crippen LogP contribution in [0.15, 0.2) is 42.0 Å². The summed E-state index contributed by atoms with van der Waals surface area (Å²) in [4.78, 5) is 24.6. The van der Waals surface area contributed by atoms with E-state index >= 15 is 0 Å². The Morgan fingerprint density at radius 3 is 2.84 bits per heavy atom. The lowest BCUT2D eigenvalue weighted by Gasteiger charge is -2.07. The molecule has 0 saturated heterocycles. The molecule has 0 aliphatic rings. The van der Waals surface area contributed by atoms with Crippen molar-refractivity contribution < 1.29 is 9.53 Å². The van der Waals surface area contributed by atoms with E-state index in [0.717, 1.165) is 0 Å². The summed E-state index contributed by atoms with van der Waals surface area (Å²) in [5, 5.41) is 8.64. The second-order valence-corrected chi connectivity index (χ2v) is 6.18. The number of carbonyl (C=O) groups excluding carboxylic acids is 1. The number of anilines is 3. The Kier molecular flexibility index (Phi) is 5.42. The number of halogens is 1. The smallest absolute Gasteiger partial charge is 0.230 e. The van der Waals surface area contributed by atoms with Crippen molar-refractivity contribution in [2.24, 2.45) is 0 Å². The fourth-order valence-electron chi connectivity index (χ4n) is 2.02. The molecule has 0 aliphatic carbocycles. The number of carbonyl (C=O) groups is 1. The summed E-state index contributed by atoms with van der Waals surface area (Å²) >= 11 is 7.43. The van der Waals surface area contributed by atoms with Crippen molar-refractivity contribution in [2.45, 2.75) is 6.42 Å². The minimum absolute atomic E-state index is 0.150. The highest BCUT2D eigenvalue weighted by Gasteiger charge is 2.10. The number of rotatable bonds is 6. The third-order valence-electron chi connectivity index (χ3n) is 3.11. The molecule has 128 valence electrons. The molecule has 0 aliphatic heterocycles. The monoisotopic (exact) mass is 375 g/mol. The highest BCUT2D eigenvalue weighted by molar-refractivity contribution is 7.13. The van der Waals surface area contributed by atoms with Gasteiger partial charge in [0.1, 0.15) is 5.75 Å². The van der Waals surface area contributed by atoms with Gasteiger partial charge in [0.2, 0.25) is 11.9 Å². The largest absolute Gasteiger partial charge is 0.495 e. The van der Waals surface area contributed by atoms with Crippen molar-refractivity contribution in [2.75, 3.05) is 17.7 Å². The molecular weight excluding hydrogens is 362 g/mol. The second-order valence-electron chi connectivity index (χ2n) is 4.92. The predicted molar refractivity (Wildman–Crippen MR) is 97.8 cm³/mol. The molecule has 0 fully saturated rings. The minimum Gasteiger partial charge on any atom is -0.495 e. The Bertz CT molecular complexity index is 872. The average molecular weight is 376 g/mol. The molecule has 7 nitrogen and oxygen atoms in total. The van der Waals surface area contributed by atoms with E-state index in [1.165, 1.54) is 18.4 Å². The maximum absolute atomic E-state index is 12.1. The van der Waals surface area contributed by atoms with Gasteiger partial charge in [0, 0.05) is 23.5 Å². The lowest BCUT2D eigenvalue weighted by molar-refractivity contribution is -0.115. The van der Waals surface area contributed by atoms with Crippen molar-refractivity contribution in [3.8, 4) is 5.75 Å². The van der Waals surface area contributed by atoms with Crippen molar-refractivity contribution in [3.63, 3.8) is 0 Å². The lowest BCUT2D eigenvalue weighted by Crippen LogP contribution is -2.14. The molecular formula is C16H14ClN5O2S. The van der Waals surface area contributed by atoms with Gasteiger partial charge in [0.15, 0.2) is 5.13 Å². The molecule has 0 unspecified atom stereocenters. The number of aromatic nitrogens is 3. The Hall–Kier alpha value is -2.71. The number of ether oxygens (including phenoxy) is 1. The molecule has 2 aromatic heterocycles. The van der Waals surface area contributed by atoms with Crippen LogP contribution in [0.25, 0.3) is 0 Å². The summed E-state index contributed by atoms with van der Waals surface area (Å²) in [7, 11) is 1.54. The molecule has 3 aromatic rings. The molecule has 0 spiro atoms. The maximum atomic E-state index is 12.1. The molecule has 25 heavy (non-hydrogen) atoms. The molecule has 0 bridgehead atoms. The molecule has 0 atom stereocenters. The Labute approximate surface area is 153 Å². The van der Waals surface area contributed by atoms with Crippen molar-refractivity contribution in [3.05, 3.63) is 52.8 Å². The Morgan fingerprint density at radius 2 is 2.12 bits per heavy atom. The molecule has 0 radical (unpaired) electrons. The van der Waals surface area contributed by atoms with E-state index < -0.39 is 0 Å². The number of nitrogens with one attached hydrogen (secondary N) is 2. The molecule has 1 aromatic carbocycles. The van der Waals surface area contributed by atoms with Crippen molar-refractivity contribution in [1.82, 2.24) is 15.0 Å². The third-order valence-corrected chi connectivity index (χ3v) is 4.22. The fourth-order valence-corrected chi connectivity index (χ4v) is 2.98. The number of methoxy groups -OCH3 is 1. The van der Waals surface area contributed by atoms with Gasteiger partial charge in [0.25, 0.3) is 0 Å². The van der Waals surface area contributed by atoms with E-state index in [1.54, 1.807) is 36.7 Å². The van der Waals surface area contributed by atoms with Crippen LogP contribution in [-0.2, 0) is 11.2 Å². The first-order valence-electron chi connectivity index (χ1n) is 7.26. The van der Waals surface area contributed by atoms with Gasteiger partial charge in [-0.05, 0) is 24.3 Å². The summed E-state index contributed by atoms with van der Waals surface area (Å²) in [5.41, 5.74) is 1.25. The summed E-state index contributed by atoms with van der Waals surface area (Å²) in [6.07, 6.45) is 3.42. The van der Waals surface area contributed by atoms with E-state index in [4.69, 9.17) is 16.3 Å². The van der Waals surface area contributed by atoms with E-state index in [9.17, 15) is 4.79 Å². The topological polar surface area (TPSA) is 89.0 Å². The molecule has 9 heteroatoms. The number of amides is 1. The van der Waals surface area contributed by atoms with Crippen LogP contribution in [0.5, 0.6) is 5.75 Å². The number of thiazole rings is 1. The van der Waals surface area contributed by atoms with Crippen LogP contribution in [0.2, 0.25) is 5.02 Å². The van der Waals surface area contributed by atoms with Crippen molar-refractivity contribution >= 4 is 45.6 Å². The van der Waals surface area contributed by atoms with Crippen LogP contribution in [0.4, 0.5) is 16.8 Å². The fraction of sp³-hybridized carbons (Fsp3) is 0.125. The summed E-state index contributed by atoms with van der Waals surface area (Å²) in [6.45, 7) is 0. The van der Waals surface area contributed by atoms with Crippen LogP contribution >= 0.6 is 22.9 Å². The van der Waals surface area contributed by atoms with Crippen molar-refractivity contribution in [1.29, 1.82) is 0 Å². The summed E-state index contributed by atoms with van der Waals surface area (Å²) < 4.78 is 5.08. The zero-order valence-corrected chi connectivity index (χ0v) is 14.8. The van der Waals surface area contributed by atoms with Crippen LogP contribution < -0.4 is 15.4 Å². The zero-order valence-electron chi connectivity index (χ0n) is 13.2. The molecule has 3 rings (SSSR count). The predicted octanol–water partition coefficient (Wildman–Crippen LogP) is 3.52. The van der Waals surface area contributed by atoms with Gasteiger partial charge < -0.3 is 15.4 Å². The van der Waals surface area contributed by atoms with Gasteiger partial charge in [-0.25, -0.2) is 15.0 Å². The van der Waals surface area contributed by atoms with Gasteiger partial charge in [-0.1, -0.05) is 11.6 Å². The number of hydrogen-bond donors (Lipinski definition) is 2. The molecule has 2 N–H and O–H groups in total. The molecule has 2 heterocycles. The van der Waals surface area contributed by atoms with Crippen LogP contribution in [0, 0.1) is 0 Å². The van der Waals surface area contributed by atoms with E-state index in [0.29, 0.717) is 33.2 Å². The SMILES string of the molecule is COc1ccc(NC(=O)Cc2csc(Nc3ncccn3)n2)cc1Cl. The van der Waals surface area contributed by atoms with Gasteiger partial charge in [0.05, 0.1) is 24.2 Å². The minimum atomic E-state index is -0.186. The molecule has 0 saturated carbocycles. The number of hydrogen-bond acceptors (Lipinski definition) is 7. The summed E-state index contributed by atoms with van der Waals surface area (Å²) in [5.74, 6) is 0.827. The lowest BCUT2D eigenvalue weighted by atomic mass is 10.2.